The van der Waals surface area contributed by atoms with Crippen LogP contribution in [-0.2, 0) is 0 Å². The molecule has 5 heteroatoms. The number of hydrogen-bond acceptors (Lipinski definition) is 3. The van der Waals surface area contributed by atoms with E-state index in [2.05, 4.69) is 39.6 Å². The second kappa shape index (κ2) is 4.69. The van der Waals surface area contributed by atoms with Crippen LogP contribution in [0.3, 0.4) is 0 Å². The zero-order valence-electron chi connectivity index (χ0n) is 8.99. The molecular formula is C10H17IN4. The summed E-state index contributed by atoms with van der Waals surface area (Å²) in [5.41, 5.74) is 6.00. The third-order valence-corrected chi connectivity index (χ3v) is 3.89. The van der Waals surface area contributed by atoms with Crippen LogP contribution < -0.4 is 5.73 Å². The van der Waals surface area contributed by atoms with E-state index in [0.717, 1.165) is 22.4 Å². The normalized spacial score (nSPS) is 24.0. The van der Waals surface area contributed by atoms with Gasteiger partial charge >= 0.3 is 0 Å². The molecule has 1 atom stereocenters. The Kier molecular flexibility index (Phi) is 3.50. The topological polar surface area (TPSA) is 47.1 Å². The highest BCUT2D eigenvalue weighted by molar-refractivity contribution is 14.1. The molecule has 1 unspecified atom stereocenters. The monoisotopic (exact) mass is 320 g/mol. The molecule has 1 aromatic rings. The summed E-state index contributed by atoms with van der Waals surface area (Å²) >= 11 is 2.24. The van der Waals surface area contributed by atoms with Crippen molar-refractivity contribution in [3.05, 3.63) is 9.77 Å². The van der Waals surface area contributed by atoms with E-state index < -0.39 is 0 Å². The molecule has 1 aliphatic rings. The minimum Gasteiger partial charge on any atom is -0.383 e. The second-order valence-corrected chi connectivity index (χ2v) is 5.37. The highest BCUT2D eigenvalue weighted by atomic mass is 127. The summed E-state index contributed by atoms with van der Waals surface area (Å²) in [5.74, 6) is 0.824. The highest BCUT2D eigenvalue weighted by Gasteiger charge is 2.19. The SMILES string of the molecule is CN1CCCC(n2ncc(I)c2N)CC1. The molecule has 0 amide bonds. The largest absolute Gasteiger partial charge is 0.383 e. The Hall–Kier alpha value is -0.300. The summed E-state index contributed by atoms with van der Waals surface area (Å²) in [6, 6.07) is 0.485. The number of nitrogen functional groups attached to an aromatic ring is 1. The van der Waals surface area contributed by atoms with Crippen molar-refractivity contribution in [2.45, 2.75) is 25.3 Å². The van der Waals surface area contributed by atoms with Gasteiger partial charge in [-0.2, -0.15) is 5.10 Å². The van der Waals surface area contributed by atoms with E-state index >= 15 is 0 Å². The smallest absolute Gasteiger partial charge is 0.135 e. The zero-order chi connectivity index (χ0) is 10.8. The predicted octanol–water partition coefficient (Wildman–Crippen LogP) is 1.73. The van der Waals surface area contributed by atoms with Crippen LogP contribution in [0.1, 0.15) is 25.3 Å². The molecule has 2 heterocycles. The quantitative estimate of drug-likeness (QED) is 0.802. The first kappa shape index (κ1) is 11.2. The second-order valence-electron chi connectivity index (χ2n) is 4.21. The van der Waals surface area contributed by atoms with Crippen molar-refractivity contribution in [3.63, 3.8) is 0 Å². The Morgan fingerprint density at radius 3 is 2.93 bits per heavy atom. The van der Waals surface area contributed by atoms with Gasteiger partial charge in [-0.15, -0.1) is 0 Å². The van der Waals surface area contributed by atoms with E-state index in [1.54, 1.807) is 0 Å². The number of nitrogens with zero attached hydrogens (tertiary/aromatic N) is 3. The Labute approximate surface area is 104 Å². The molecule has 0 spiro atoms. The van der Waals surface area contributed by atoms with E-state index in [1.165, 1.54) is 19.4 Å². The Balaban J connectivity index is 2.13. The molecule has 1 saturated heterocycles. The van der Waals surface area contributed by atoms with Gasteiger partial charge in [-0.1, -0.05) is 0 Å². The van der Waals surface area contributed by atoms with Crippen molar-refractivity contribution >= 4 is 28.4 Å². The molecule has 4 nitrogen and oxygen atoms in total. The van der Waals surface area contributed by atoms with Crippen LogP contribution in [-0.4, -0.2) is 34.8 Å². The molecule has 15 heavy (non-hydrogen) atoms. The van der Waals surface area contributed by atoms with E-state index in [9.17, 15) is 0 Å². The van der Waals surface area contributed by atoms with Crippen LogP contribution in [0.5, 0.6) is 0 Å². The van der Waals surface area contributed by atoms with Gasteiger partial charge in [0.1, 0.15) is 5.82 Å². The zero-order valence-corrected chi connectivity index (χ0v) is 11.1. The molecule has 0 radical (unpaired) electrons. The van der Waals surface area contributed by atoms with Crippen molar-refractivity contribution in [1.29, 1.82) is 0 Å². The average Bonchev–Trinajstić information content (AvgIpc) is 2.43. The van der Waals surface area contributed by atoms with E-state index in [1.807, 2.05) is 10.9 Å². The van der Waals surface area contributed by atoms with Crippen molar-refractivity contribution < 1.29 is 0 Å². The van der Waals surface area contributed by atoms with Crippen LogP contribution in [0, 0.1) is 3.57 Å². The van der Waals surface area contributed by atoms with E-state index in [4.69, 9.17) is 5.73 Å². The molecule has 0 bridgehead atoms. The summed E-state index contributed by atoms with van der Waals surface area (Å²) in [7, 11) is 2.18. The predicted molar refractivity (Wildman–Crippen MR) is 69.7 cm³/mol. The summed E-state index contributed by atoms with van der Waals surface area (Å²) in [6.45, 7) is 2.33. The van der Waals surface area contributed by atoms with Gasteiger partial charge in [0, 0.05) is 0 Å². The lowest BCUT2D eigenvalue weighted by molar-refractivity contribution is 0.337. The number of rotatable bonds is 1. The average molecular weight is 320 g/mol. The molecule has 2 rings (SSSR count). The van der Waals surface area contributed by atoms with Crippen LogP contribution in [0.15, 0.2) is 6.20 Å². The maximum atomic E-state index is 6.00. The molecule has 0 saturated carbocycles. The van der Waals surface area contributed by atoms with Crippen molar-refractivity contribution in [2.24, 2.45) is 0 Å². The summed E-state index contributed by atoms with van der Waals surface area (Å²) in [4.78, 5) is 2.38. The van der Waals surface area contributed by atoms with Crippen LogP contribution in [0.25, 0.3) is 0 Å². The van der Waals surface area contributed by atoms with Gasteiger partial charge in [0.15, 0.2) is 0 Å². The molecular weight excluding hydrogens is 303 g/mol. The first-order valence-electron chi connectivity index (χ1n) is 5.35. The molecule has 0 aliphatic carbocycles. The van der Waals surface area contributed by atoms with Crippen LogP contribution in [0.4, 0.5) is 5.82 Å². The molecule has 84 valence electrons. The first-order chi connectivity index (χ1) is 7.18. The number of likely N-dealkylation sites (tertiary alicyclic amines) is 1. The van der Waals surface area contributed by atoms with Crippen molar-refractivity contribution in [2.75, 3.05) is 25.9 Å². The third kappa shape index (κ3) is 2.44. The minimum absolute atomic E-state index is 0.485. The fourth-order valence-electron chi connectivity index (χ4n) is 2.11. The fourth-order valence-corrected chi connectivity index (χ4v) is 2.48. The van der Waals surface area contributed by atoms with Crippen molar-refractivity contribution in [3.8, 4) is 0 Å². The van der Waals surface area contributed by atoms with Gasteiger partial charge in [-0.25, -0.2) is 4.68 Å². The molecule has 1 aliphatic heterocycles. The van der Waals surface area contributed by atoms with E-state index in [0.29, 0.717) is 6.04 Å². The number of halogens is 1. The highest BCUT2D eigenvalue weighted by Crippen LogP contribution is 2.26. The lowest BCUT2D eigenvalue weighted by atomic mass is 10.1. The molecule has 0 aromatic carbocycles. The summed E-state index contributed by atoms with van der Waals surface area (Å²) in [5, 5.41) is 4.37. The Bertz CT molecular complexity index is 336. The maximum absolute atomic E-state index is 6.00. The Morgan fingerprint density at radius 2 is 2.27 bits per heavy atom. The number of nitrogens with two attached hydrogens (primary N) is 1. The third-order valence-electron chi connectivity index (χ3n) is 3.05. The summed E-state index contributed by atoms with van der Waals surface area (Å²) in [6.07, 6.45) is 5.42. The molecule has 2 N–H and O–H groups in total. The van der Waals surface area contributed by atoms with Crippen molar-refractivity contribution in [1.82, 2.24) is 14.7 Å². The maximum Gasteiger partial charge on any atom is 0.135 e. The van der Waals surface area contributed by atoms with E-state index in [-0.39, 0.29) is 0 Å². The van der Waals surface area contributed by atoms with Crippen LogP contribution >= 0.6 is 22.6 Å². The van der Waals surface area contributed by atoms with Crippen LogP contribution in [0.2, 0.25) is 0 Å². The minimum atomic E-state index is 0.485. The van der Waals surface area contributed by atoms with Gasteiger partial charge in [0.05, 0.1) is 15.8 Å². The lowest BCUT2D eigenvalue weighted by Gasteiger charge is -2.16. The number of aromatic nitrogens is 2. The van der Waals surface area contributed by atoms with Gasteiger partial charge in [0.2, 0.25) is 0 Å². The number of hydrogen-bond donors (Lipinski definition) is 1. The molecule has 1 fully saturated rings. The van der Waals surface area contributed by atoms with Gasteiger partial charge in [0.25, 0.3) is 0 Å². The number of anilines is 1. The van der Waals surface area contributed by atoms with Gasteiger partial charge in [-0.05, 0) is 62.0 Å². The van der Waals surface area contributed by atoms with Gasteiger partial charge < -0.3 is 10.6 Å². The van der Waals surface area contributed by atoms with Gasteiger partial charge in [-0.3, -0.25) is 0 Å². The lowest BCUT2D eigenvalue weighted by Crippen LogP contribution is -2.20. The Morgan fingerprint density at radius 1 is 1.47 bits per heavy atom. The summed E-state index contributed by atoms with van der Waals surface area (Å²) < 4.78 is 3.06. The standard InChI is InChI=1S/C10H17IN4/c1-14-5-2-3-8(4-6-14)15-10(12)9(11)7-13-15/h7-8H,2-6,12H2,1H3. The molecule has 1 aromatic heterocycles. The fraction of sp³-hybridized carbons (Fsp3) is 0.700. The first-order valence-corrected chi connectivity index (χ1v) is 6.43.